The quantitative estimate of drug-likeness (QED) is 0.931. The van der Waals surface area contributed by atoms with E-state index in [1.165, 1.54) is 6.33 Å². The van der Waals surface area contributed by atoms with Crippen LogP contribution in [0, 0.1) is 0 Å². The van der Waals surface area contributed by atoms with Crippen LogP contribution in [0.5, 0.6) is 5.88 Å². The van der Waals surface area contributed by atoms with Crippen molar-refractivity contribution in [2.45, 2.75) is 6.61 Å². The lowest BCUT2D eigenvalue weighted by Crippen LogP contribution is -2.01. The van der Waals surface area contributed by atoms with Crippen molar-refractivity contribution < 1.29 is 4.74 Å². The standard InChI is InChI=1S/C11H9Cl2N3O/c12-8-3-1-2-7(4-8)5-17-11-9(13)10(14)15-6-16-11/h1-4,6H,5H2,(H2,14,15,16). The van der Waals surface area contributed by atoms with Gasteiger partial charge >= 0.3 is 0 Å². The van der Waals surface area contributed by atoms with Crippen LogP contribution in [0.1, 0.15) is 5.56 Å². The molecule has 88 valence electrons. The fraction of sp³-hybridized carbons (Fsp3) is 0.0909. The highest BCUT2D eigenvalue weighted by Gasteiger charge is 2.07. The van der Waals surface area contributed by atoms with E-state index in [0.717, 1.165) is 5.56 Å². The summed E-state index contributed by atoms with van der Waals surface area (Å²) in [5, 5.41) is 0.869. The van der Waals surface area contributed by atoms with E-state index in [1.807, 2.05) is 12.1 Å². The fourth-order valence-electron chi connectivity index (χ4n) is 1.25. The Bertz CT molecular complexity index is 534. The lowest BCUT2D eigenvalue weighted by molar-refractivity contribution is 0.294. The van der Waals surface area contributed by atoms with E-state index < -0.39 is 0 Å². The van der Waals surface area contributed by atoms with Gasteiger partial charge in [0.25, 0.3) is 0 Å². The number of aromatic nitrogens is 2. The molecular weight excluding hydrogens is 261 g/mol. The molecule has 2 aromatic rings. The van der Waals surface area contributed by atoms with Gasteiger partial charge in [-0.15, -0.1) is 0 Å². The molecule has 0 spiro atoms. The summed E-state index contributed by atoms with van der Waals surface area (Å²) in [6.45, 7) is 0.316. The van der Waals surface area contributed by atoms with Crippen LogP contribution >= 0.6 is 23.2 Å². The summed E-state index contributed by atoms with van der Waals surface area (Å²) in [6, 6.07) is 7.34. The van der Waals surface area contributed by atoms with Crippen molar-refractivity contribution in [3.63, 3.8) is 0 Å². The number of halogens is 2. The summed E-state index contributed by atoms with van der Waals surface area (Å²) in [6.07, 6.45) is 1.30. The smallest absolute Gasteiger partial charge is 0.238 e. The number of nitrogen functional groups attached to an aromatic ring is 1. The topological polar surface area (TPSA) is 61.0 Å². The van der Waals surface area contributed by atoms with Crippen molar-refractivity contribution in [1.29, 1.82) is 0 Å². The zero-order chi connectivity index (χ0) is 12.3. The minimum atomic E-state index is 0.197. The second kappa shape index (κ2) is 5.21. The molecule has 0 radical (unpaired) electrons. The molecule has 0 amide bonds. The minimum Gasteiger partial charge on any atom is -0.472 e. The summed E-state index contributed by atoms with van der Waals surface area (Å²) >= 11 is 11.7. The van der Waals surface area contributed by atoms with Gasteiger partial charge in [-0.1, -0.05) is 35.3 Å². The molecule has 0 unspecified atom stereocenters. The number of anilines is 1. The van der Waals surface area contributed by atoms with E-state index in [-0.39, 0.29) is 16.7 Å². The van der Waals surface area contributed by atoms with E-state index in [2.05, 4.69) is 9.97 Å². The van der Waals surface area contributed by atoms with Gasteiger partial charge in [0, 0.05) is 5.02 Å². The van der Waals surface area contributed by atoms with Crippen LogP contribution in [0.4, 0.5) is 5.82 Å². The van der Waals surface area contributed by atoms with Crippen molar-refractivity contribution in [3.8, 4) is 5.88 Å². The molecule has 1 aromatic carbocycles. The van der Waals surface area contributed by atoms with Crippen LogP contribution in [0.15, 0.2) is 30.6 Å². The molecule has 4 nitrogen and oxygen atoms in total. The first-order valence-electron chi connectivity index (χ1n) is 4.80. The number of benzene rings is 1. The molecule has 0 saturated carbocycles. The van der Waals surface area contributed by atoms with Crippen molar-refractivity contribution in [1.82, 2.24) is 9.97 Å². The first-order valence-corrected chi connectivity index (χ1v) is 5.55. The molecule has 1 aromatic heterocycles. The van der Waals surface area contributed by atoms with Gasteiger partial charge in [-0.05, 0) is 17.7 Å². The average Bonchev–Trinajstić information content (AvgIpc) is 2.31. The molecule has 1 heterocycles. The maximum absolute atomic E-state index is 5.89. The Hall–Kier alpha value is -1.52. The highest BCUT2D eigenvalue weighted by atomic mass is 35.5. The largest absolute Gasteiger partial charge is 0.472 e. The van der Waals surface area contributed by atoms with Crippen LogP contribution in [0.25, 0.3) is 0 Å². The van der Waals surface area contributed by atoms with Gasteiger partial charge in [0.2, 0.25) is 5.88 Å². The van der Waals surface area contributed by atoms with Gasteiger partial charge in [-0.2, -0.15) is 0 Å². The van der Waals surface area contributed by atoms with Crippen molar-refractivity contribution in [2.75, 3.05) is 5.73 Å². The normalized spacial score (nSPS) is 10.2. The summed E-state index contributed by atoms with van der Waals surface area (Å²) in [7, 11) is 0. The van der Waals surface area contributed by atoms with E-state index >= 15 is 0 Å². The van der Waals surface area contributed by atoms with Crippen LogP contribution in [0.2, 0.25) is 10.0 Å². The van der Waals surface area contributed by atoms with E-state index in [4.69, 9.17) is 33.7 Å². The van der Waals surface area contributed by atoms with Crippen LogP contribution in [-0.2, 0) is 6.61 Å². The van der Waals surface area contributed by atoms with Crippen molar-refractivity contribution in [3.05, 3.63) is 46.2 Å². The van der Waals surface area contributed by atoms with Gasteiger partial charge in [-0.3, -0.25) is 0 Å². The number of rotatable bonds is 3. The van der Waals surface area contributed by atoms with E-state index in [0.29, 0.717) is 11.6 Å². The molecule has 0 bridgehead atoms. The lowest BCUT2D eigenvalue weighted by Gasteiger charge is -2.07. The van der Waals surface area contributed by atoms with E-state index in [1.54, 1.807) is 12.1 Å². The predicted molar refractivity (Wildman–Crippen MR) is 67.2 cm³/mol. The molecule has 2 N–H and O–H groups in total. The molecule has 0 atom stereocenters. The van der Waals surface area contributed by atoms with Gasteiger partial charge in [0.1, 0.15) is 23.8 Å². The molecule has 6 heteroatoms. The summed E-state index contributed by atoms with van der Waals surface area (Å²) in [5.74, 6) is 0.460. The minimum absolute atomic E-state index is 0.197. The average molecular weight is 270 g/mol. The predicted octanol–water partition coefficient (Wildman–Crippen LogP) is 2.94. The number of nitrogens with two attached hydrogens (primary N) is 1. The number of nitrogens with zero attached hydrogens (tertiary/aromatic N) is 2. The Morgan fingerprint density at radius 2 is 2.06 bits per heavy atom. The van der Waals surface area contributed by atoms with Crippen LogP contribution < -0.4 is 10.5 Å². The maximum Gasteiger partial charge on any atom is 0.238 e. The molecule has 0 aliphatic rings. The number of ether oxygens (including phenoxy) is 1. The van der Waals surface area contributed by atoms with Crippen molar-refractivity contribution >= 4 is 29.0 Å². The summed E-state index contributed by atoms with van der Waals surface area (Å²) in [4.78, 5) is 7.64. The van der Waals surface area contributed by atoms with Crippen LogP contribution in [0.3, 0.4) is 0 Å². The first kappa shape index (κ1) is 12.0. The number of hydrogen-bond donors (Lipinski definition) is 1. The monoisotopic (exact) mass is 269 g/mol. The highest BCUT2D eigenvalue weighted by Crippen LogP contribution is 2.26. The Balaban J connectivity index is 2.10. The van der Waals surface area contributed by atoms with E-state index in [9.17, 15) is 0 Å². The second-order valence-electron chi connectivity index (χ2n) is 3.30. The van der Waals surface area contributed by atoms with Gasteiger partial charge < -0.3 is 10.5 Å². The third kappa shape index (κ3) is 2.99. The van der Waals surface area contributed by atoms with Crippen LogP contribution in [-0.4, -0.2) is 9.97 Å². The maximum atomic E-state index is 5.89. The zero-order valence-corrected chi connectivity index (χ0v) is 10.2. The second-order valence-corrected chi connectivity index (χ2v) is 4.11. The highest BCUT2D eigenvalue weighted by molar-refractivity contribution is 6.34. The Morgan fingerprint density at radius 1 is 1.24 bits per heavy atom. The molecule has 0 aliphatic carbocycles. The fourth-order valence-corrected chi connectivity index (χ4v) is 1.61. The van der Waals surface area contributed by atoms with Gasteiger partial charge in [0.05, 0.1) is 0 Å². The third-order valence-corrected chi connectivity index (χ3v) is 2.64. The summed E-state index contributed by atoms with van der Waals surface area (Å²) < 4.78 is 5.44. The lowest BCUT2D eigenvalue weighted by atomic mass is 10.2. The third-order valence-electron chi connectivity index (χ3n) is 2.05. The van der Waals surface area contributed by atoms with Gasteiger partial charge in [-0.25, -0.2) is 9.97 Å². The molecule has 17 heavy (non-hydrogen) atoms. The van der Waals surface area contributed by atoms with Gasteiger partial charge in [0.15, 0.2) is 0 Å². The molecule has 0 aliphatic heterocycles. The first-order chi connectivity index (χ1) is 8.16. The molecular formula is C11H9Cl2N3O. The SMILES string of the molecule is Nc1ncnc(OCc2cccc(Cl)c2)c1Cl. The molecule has 0 saturated heterocycles. The summed E-state index contributed by atoms with van der Waals surface area (Å²) in [5.41, 5.74) is 6.45. The number of hydrogen-bond acceptors (Lipinski definition) is 4. The van der Waals surface area contributed by atoms with Crippen molar-refractivity contribution in [2.24, 2.45) is 0 Å². The Kier molecular flexibility index (Phi) is 3.66. The Labute approximate surface area is 108 Å². The Morgan fingerprint density at radius 3 is 2.82 bits per heavy atom. The molecule has 0 fully saturated rings. The zero-order valence-electron chi connectivity index (χ0n) is 8.73. The molecule has 2 rings (SSSR count).